The predicted octanol–water partition coefficient (Wildman–Crippen LogP) is 2.47. The minimum atomic E-state index is -0.0656. The fraction of sp³-hybridized carbons (Fsp3) is 0.400. The lowest BCUT2D eigenvalue weighted by Gasteiger charge is -2.25. The molecule has 0 saturated carbocycles. The fourth-order valence-electron chi connectivity index (χ4n) is 3.41. The van der Waals surface area contributed by atoms with Crippen molar-refractivity contribution in [2.75, 3.05) is 13.2 Å². The predicted molar refractivity (Wildman–Crippen MR) is 93.6 cm³/mol. The molecule has 1 heterocycles. The molecule has 2 atom stereocenters. The van der Waals surface area contributed by atoms with E-state index in [1.54, 1.807) is 6.20 Å². The molecule has 24 heavy (non-hydrogen) atoms. The van der Waals surface area contributed by atoms with Crippen LogP contribution in [0, 0.1) is 5.92 Å². The van der Waals surface area contributed by atoms with E-state index in [0.29, 0.717) is 13.0 Å². The molecule has 2 aromatic rings. The first-order valence-electron chi connectivity index (χ1n) is 8.64. The van der Waals surface area contributed by atoms with Crippen molar-refractivity contribution in [2.24, 2.45) is 5.92 Å². The molecule has 2 N–H and O–H groups in total. The molecular formula is C20H24N2O2. The summed E-state index contributed by atoms with van der Waals surface area (Å²) in [7, 11) is 0. The third-order valence-electron chi connectivity index (χ3n) is 4.73. The number of aryl methyl sites for hydroxylation is 1. The van der Waals surface area contributed by atoms with Crippen LogP contribution in [0.25, 0.3) is 0 Å². The molecule has 4 heteroatoms. The Labute approximate surface area is 142 Å². The molecule has 0 bridgehead atoms. The second-order valence-electron chi connectivity index (χ2n) is 6.46. The molecule has 0 aliphatic heterocycles. The van der Waals surface area contributed by atoms with E-state index in [9.17, 15) is 9.90 Å². The van der Waals surface area contributed by atoms with Crippen LogP contribution in [0.5, 0.6) is 0 Å². The smallest absolute Gasteiger partial charge is 0.227 e. The van der Waals surface area contributed by atoms with Crippen LogP contribution in [-0.4, -0.2) is 29.1 Å². The van der Waals surface area contributed by atoms with Crippen molar-refractivity contribution in [3.63, 3.8) is 0 Å². The Morgan fingerprint density at radius 2 is 2.08 bits per heavy atom. The number of hydrogen-bond acceptors (Lipinski definition) is 3. The summed E-state index contributed by atoms with van der Waals surface area (Å²) in [5, 5.41) is 12.6. The van der Waals surface area contributed by atoms with Gasteiger partial charge in [0.15, 0.2) is 0 Å². The SMILES string of the molecule is O=C(NC[C@H](CO)Cc1ccccn1)[C@@H]1CCCc2ccccc21. The third-order valence-corrected chi connectivity index (χ3v) is 4.73. The van der Waals surface area contributed by atoms with Crippen LogP contribution >= 0.6 is 0 Å². The van der Waals surface area contributed by atoms with Crippen LogP contribution in [0.4, 0.5) is 0 Å². The average Bonchev–Trinajstić information content (AvgIpc) is 2.65. The van der Waals surface area contributed by atoms with Crippen LogP contribution in [0.15, 0.2) is 48.7 Å². The summed E-state index contributed by atoms with van der Waals surface area (Å²) in [5.74, 6) is -0.00607. The van der Waals surface area contributed by atoms with Gasteiger partial charge in [0.05, 0.1) is 5.92 Å². The first-order chi connectivity index (χ1) is 11.8. The Kier molecular flexibility index (Phi) is 5.59. The lowest BCUT2D eigenvalue weighted by Crippen LogP contribution is -2.36. The monoisotopic (exact) mass is 324 g/mol. The molecule has 0 radical (unpaired) electrons. The van der Waals surface area contributed by atoms with Crippen molar-refractivity contribution < 1.29 is 9.90 Å². The van der Waals surface area contributed by atoms with Gasteiger partial charge in [-0.3, -0.25) is 9.78 Å². The number of amides is 1. The second kappa shape index (κ2) is 8.06. The van der Waals surface area contributed by atoms with Crippen LogP contribution in [0.1, 0.15) is 35.6 Å². The minimum Gasteiger partial charge on any atom is -0.396 e. The number of carbonyl (C=O) groups is 1. The van der Waals surface area contributed by atoms with Crippen LogP contribution in [-0.2, 0) is 17.6 Å². The summed E-state index contributed by atoms with van der Waals surface area (Å²) in [5.41, 5.74) is 3.39. The van der Waals surface area contributed by atoms with Gasteiger partial charge in [-0.1, -0.05) is 30.3 Å². The molecule has 1 aromatic heterocycles. The summed E-state index contributed by atoms with van der Waals surface area (Å²) in [6, 6.07) is 14.0. The molecule has 0 fully saturated rings. The number of rotatable bonds is 6. The molecule has 1 aliphatic carbocycles. The van der Waals surface area contributed by atoms with E-state index in [0.717, 1.165) is 30.5 Å². The van der Waals surface area contributed by atoms with E-state index in [4.69, 9.17) is 0 Å². The zero-order valence-corrected chi connectivity index (χ0v) is 13.8. The van der Waals surface area contributed by atoms with Gasteiger partial charge in [-0.25, -0.2) is 0 Å². The van der Waals surface area contributed by atoms with Crippen molar-refractivity contribution >= 4 is 5.91 Å². The number of aliphatic hydroxyl groups excluding tert-OH is 1. The summed E-state index contributed by atoms with van der Waals surface area (Å²) in [6.07, 6.45) is 5.42. The van der Waals surface area contributed by atoms with E-state index in [2.05, 4.69) is 22.4 Å². The summed E-state index contributed by atoms with van der Waals surface area (Å²) in [6.45, 7) is 0.517. The van der Waals surface area contributed by atoms with Gasteiger partial charge in [-0.2, -0.15) is 0 Å². The van der Waals surface area contributed by atoms with Gasteiger partial charge in [-0.05, 0) is 48.9 Å². The van der Waals surface area contributed by atoms with Gasteiger partial charge < -0.3 is 10.4 Å². The molecule has 1 aliphatic rings. The van der Waals surface area contributed by atoms with E-state index < -0.39 is 0 Å². The Morgan fingerprint density at radius 1 is 1.25 bits per heavy atom. The largest absolute Gasteiger partial charge is 0.396 e. The second-order valence-corrected chi connectivity index (χ2v) is 6.46. The standard InChI is InChI=1S/C20H24N2O2/c23-14-15(12-17-8-3-4-11-21-17)13-22-20(24)19-10-5-7-16-6-1-2-9-18(16)19/h1-4,6,8-9,11,15,19,23H,5,7,10,12-14H2,(H,22,24)/t15-,19-/m1/s1. The van der Waals surface area contributed by atoms with Crippen molar-refractivity contribution in [3.05, 3.63) is 65.5 Å². The Bertz CT molecular complexity index is 672. The summed E-state index contributed by atoms with van der Waals surface area (Å²) in [4.78, 5) is 16.9. The van der Waals surface area contributed by atoms with Crippen molar-refractivity contribution in [1.82, 2.24) is 10.3 Å². The van der Waals surface area contributed by atoms with Gasteiger partial charge in [0.1, 0.15) is 0 Å². The van der Waals surface area contributed by atoms with Gasteiger partial charge in [0.2, 0.25) is 5.91 Å². The average molecular weight is 324 g/mol. The van der Waals surface area contributed by atoms with Crippen molar-refractivity contribution in [1.29, 1.82) is 0 Å². The number of aromatic nitrogens is 1. The van der Waals surface area contributed by atoms with Gasteiger partial charge >= 0.3 is 0 Å². The number of nitrogens with zero attached hydrogens (tertiary/aromatic N) is 1. The number of carbonyl (C=O) groups excluding carboxylic acids is 1. The highest BCUT2D eigenvalue weighted by Gasteiger charge is 2.26. The van der Waals surface area contributed by atoms with Crippen molar-refractivity contribution in [2.45, 2.75) is 31.6 Å². The molecule has 4 nitrogen and oxygen atoms in total. The summed E-state index contributed by atoms with van der Waals surface area (Å²) >= 11 is 0. The Hall–Kier alpha value is -2.20. The highest BCUT2D eigenvalue weighted by atomic mass is 16.3. The molecule has 0 spiro atoms. The van der Waals surface area contributed by atoms with E-state index in [1.165, 1.54) is 5.56 Å². The first kappa shape index (κ1) is 16.7. The summed E-state index contributed by atoms with van der Waals surface area (Å²) < 4.78 is 0. The molecule has 1 aromatic carbocycles. The van der Waals surface area contributed by atoms with E-state index in [1.807, 2.05) is 30.3 Å². The topological polar surface area (TPSA) is 62.2 Å². The third kappa shape index (κ3) is 4.01. The molecular weight excluding hydrogens is 300 g/mol. The van der Waals surface area contributed by atoms with Gasteiger partial charge in [0.25, 0.3) is 0 Å². The number of benzene rings is 1. The minimum absolute atomic E-state index is 0.0114. The molecule has 0 unspecified atom stereocenters. The maximum atomic E-state index is 12.6. The quantitative estimate of drug-likeness (QED) is 0.858. The van der Waals surface area contributed by atoms with Crippen LogP contribution in [0.2, 0.25) is 0 Å². The lowest BCUT2D eigenvalue weighted by atomic mass is 9.82. The molecule has 126 valence electrons. The van der Waals surface area contributed by atoms with Crippen LogP contribution < -0.4 is 5.32 Å². The molecule has 0 saturated heterocycles. The Balaban J connectivity index is 1.59. The Morgan fingerprint density at radius 3 is 2.88 bits per heavy atom. The number of nitrogens with one attached hydrogen (secondary N) is 1. The zero-order chi connectivity index (χ0) is 16.8. The number of hydrogen-bond donors (Lipinski definition) is 2. The zero-order valence-electron chi connectivity index (χ0n) is 13.8. The number of aliphatic hydroxyl groups is 1. The number of fused-ring (bicyclic) bond motifs is 1. The highest BCUT2D eigenvalue weighted by molar-refractivity contribution is 5.84. The number of pyridine rings is 1. The van der Waals surface area contributed by atoms with E-state index >= 15 is 0 Å². The fourth-order valence-corrected chi connectivity index (χ4v) is 3.41. The maximum Gasteiger partial charge on any atom is 0.227 e. The highest BCUT2D eigenvalue weighted by Crippen LogP contribution is 2.31. The van der Waals surface area contributed by atoms with Crippen LogP contribution in [0.3, 0.4) is 0 Å². The molecule has 1 amide bonds. The molecule has 3 rings (SSSR count). The van der Waals surface area contributed by atoms with Gasteiger partial charge in [0, 0.05) is 31.0 Å². The first-order valence-corrected chi connectivity index (χ1v) is 8.64. The van der Waals surface area contributed by atoms with Gasteiger partial charge in [-0.15, -0.1) is 0 Å². The normalized spacial score (nSPS) is 17.8. The lowest BCUT2D eigenvalue weighted by molar-refractivity contribution is -0.123. The van der Waals surface area contributed by atoms with E-state index in [-0.39, 0.29) is 24.3 Å². The maximum absolute atomic E-state index is 12.6. The van der Waals surface area contributed by atoms with Crippen molar-refractivity contribution in [3.8, 4) is 0 Å².